The molecule has 0 aliphatic heterocycles. The number of nitrogens with zero attached hydrogens (tertiary/aromatic N) is 2. The van der Waals surface area contributed by atoms with Gasteiger partial charge in [-0.1, -0.05) is 0 Å². The van der Waals surface area contributed by atoms with Crippen molar-refractivity contribution in [2.75, 3.05) is 11.9 Å². The average Bonchev–Trinajstić information content (AvgIpc) is 2.25. The Morgan fingerprint density at radius 2 is 2.31 bits per heavy atom. The Bertz CT molecular complexity index is 375. The summed E-state index contributed by atoms with van der Waals surface area (Å²) in [4.78, 5) is 13.4. The molecule has 0 amide bonds. The van der Waals surface area contributed by atoms with Crippen LogP contribution in [-0.4, -0.2) is 34.1 Å². The number of rotatable bonds is 5. The number of hydrogen-bond donors (Lipinski definition) is 2. The second-order valence-electron chi connectivity index (χ2n) is 2.91. The van der Waals surface area contributed by atoms with E-state index in [1.165, 1.54) is 18.3 Å². The number of hydrogen-bond acceptors (Lipinski definition) is 5. The van der Waals surface area contributed by atoms with Gasteiger partial charge >= 0.3 is 5.69 Å². The number of aliphatic hydroxyl groups is 1. The van der Waals surface area contributed by atoms with E-state index in [0.717, 1.165) is 0 Å². The molecule has 0 saturated carbocycles. The van der Waals surface area contributed by atoms with Gasteiger partial charge in [-0.05, 0) is 6.07 Å². The SMILES string of the molecule is O=[N+]([O-])c1cccnc1NCC(O)C(F)F. The quantitative estimate of drug-likeness (QED) is 0.585. The van der Waals surface area contributed by atoms with E-state index in [2.05, 4.69) is 10.3 Å². The number of aliphatic hydroxyl groups excluding tert-OH is 1. The highest BCUT2D eigenvalue weighted by molar-refractivity contribution is 5.55. The normalized spacial score (nSPS) is 12.5. The topological polar surface area (TPSA) is 88.3 Å². The van der Waals surface area contributed by atoms with Gasteiger partial charge in [-0.2, -0.15) is 0 Å². The van der Waals surface area contributed by atoms with E-state index in [4.69, 9.17) is 5.11 Å². The lowest BCUT2D eigenvalue weighted by atomic mass is 10.3. The highest BCUT2D eigenvalue weighted by Gasteiger charge is 2.19. The molecule has 16 heavy (non-hydrogen) atoms. The van der Waals surface area contributed by atoms with Gasteiger partial charge in [-0.3, -0.25) is 10.1 Å². The highest BCUT2D eigenvalue weighted by atomic mass is 19.3. The predicted octanol–water partition coefficient (Wildman–Crippen LogP) is 1.03. The smallest absolute Gasteiger partial charge is 0.311 e. The van der Waals surface area contributed by atoms with E-state index in [1.54, 1.807) is 0 Å². The van der Waals surface area contributed by atoms with Crippen LogP contribution in [-0.2, 0) is 0 Å². The summed E-state index contributed by atoms with van der Waals surface area (Å²) in [5.41, 5.74) is -0.330. The number of nitrogens with one attached hydrogen (secondary N) is 1. The molecule has 1 rings (SSSR count). The van der Waals surface area contributed by atoms with Gasteiger partial charge in [0.05, 0.1) is 4.92 Å². The molecule has 1 heterocycles. The Morgan fingerprint density at radius 3 is 2.88 bits per heavy atom. The van der Waals surface area contributed by atoms with Crippen molar-refractivity contribution in [2.24, 2.45) is 0 Å². The van der Waals surface area contributed by atoms with Crippen molar-refractivity contribution in [3.63, 3.8) is 0 Å². The number of anilines is 1. The average molecular weight is 233 g/mol. The number of aromatic nitrogens is 1. The van der Waals surface area contributed by atoms with Crippen LogP contribution in [0.2, 0.25) is 0 Å². The molecular weight excluding hydrogens is 224 g/mol. The Hall–Kier alpha value is -1.83. The summed E-state index contributed by atoms with van der Waals surface area (Å²) in [5.74, 6) is -0.146. The third-order valence-corrected chi connectivity index (χ3v) is 1.75. The molecule has 1 aromatic heterocycles. The lowest BCUT2D eigenvalue weighted by Crippen LogP contribution is -2.27. The first-order valence-corrected chi connectivity index (χ1v) is 4.32. The maximum atomic E-state index is 11.9. The number of alkyl halides is 2. The zero-order valence-corrected chi connectivity index (χ0v) is 8.01. The van der Waals surface area contributed by atoms with E-state index in [9.17, 15) is 18.9 Å². The van der Waals surface area contributed by atoms with Crippen molar-refractivity contribution in [1.29, 1.82) is 0 Å². The molecule has 0 aromatic carbocycles. The first-order chi connectivity index (χ1) is 7.52. The summed E-state index contributed by atoms with van der Waals surface area (Å²) in [6.45, 7) is -0.504. The van der Waals surface area contributed by atoms with Gasteiger partial charge in [-0.25, -0.2) is 13.8 Å². The number of nitro groups is 1. The molecule has 0 radical (unpaired) electrons. The lowest BCUT2D eigenvalue weighted by molar-refractivity contribution is -0.384. The molecule has 0 aliphatic rings. The fourth-order valence-electron chi connectivity index (χ4n) is 0.971. The molecule has 0 aliphatic carbocycles. The molecule has 1 atom stereocenters. The minimum absolute atomic E-state index is 0.146. The fourth-order valence-corrected chi connectivity index (χ4v) is 0.971. The van der Waals surface area contributed by atoms with Crippen LogP contribution in [0.1, 0.15) is 0 Å². The first-order valence-electron chi connectivity index (χ1n) is 4.32. The first kappa shape index (κ1) is 12.2. The molecular formula is C8H9F2N3O3. The Labute approximate surface area is 89.1 Å². The van der Waals surface area contributed by atoms with Crippen LogP contribution >= 0.6 is 0 Å². The minimum atomic E-state index is -2.91. The number of halogens is 2. The zero-order chi connectivity index (χ0) is 12.1. The Morgan fingerprint density at radius 1 is 1.62 bits per heavy atom. The summed E-state index contributed by atoms with van der Waals surface area (Å²) in [6.07, 6.45) is -3.51. The van der Waals surface area contributed by atoms with E-state index < -0.39 is 24.0 Å². The van der Waals surface area contributed by atoms with Crippen LogP contribution in [0.15, 0.2) is 18.3 Å². The van der Waals surface area contributed by atoms with Gasteiger partial charge in [0.25, 0.3) is 6.43 Å². The van der Waals surface area contributed by atoms with Crippen molar-refractivity contribution >= 4 is 11.5 Å². The molecule has 0 bridgehead atoms. The van der Waals surface area contributed by atoms with Gasteiger partial charge < -0.3 is 10.4 Å². The lowest BCUT2D eigenvalue weighted by Gasteiger charge is -2.10. The van der Waals surface area contributed by atoms with Gasteiger partial charge in [0.1, 0.15) is 6.10 Å². The van der Waals surface area contributed by atoms with Crippen LogP contribution in [0, 0.1) is 10.1 Å². The molecule has 0 saturated heterocycles. The van der Waals surface area contributed by atoms with Crippen molar-refractivity contribution < 1.29 is 18.8 Å². The fraction of sp³-hybridized carbons (Fsp3) is 0.375. The van der Waals surface area contributed by atoms with Gasteiger partial charge in [0, 0.05) is 18.8 Å². The monoisotopic (exact) mass is 233 g/mol. The van der Waals surface area contributed by atoms with Crippen LogP contribution in [0.25, 0.3) is 0 Å². The summed E-state index contributed by atoms with van der Waals surface area (Å²) in [5, 5.41) is 21.6. The predicted molar refractivity (Wildman–Crippen MR) is 51.4 cm³/mol. The van der Waals surface area contributed by atoms with Gasteiger partial charge in [-0.15, -0.1) is 0 Å². The summed E-state index contributed by atoms with van der Waals surface area (Å²) >= 11 is 0. The minimum Gasteiger partial charge on any atom is -0.385 e. The van der Waals surface area contributed by atoms with Crippen LogP contribution < -0.4 is 5.32 Å². The summed E-state index contributed by atoms with van der Waals surface area (Å²) in [6, 6.07) is 2.54. The molecule has 2 N–H and O–H groups in total. The standard InChI is InChI=1S/C8H9F2N3O3/c9-7(10)6(14)4-12-8-5(13(15)16)2-1-3-11-8/h1-3,6-7,14H,4H2,(H,11,12). The molecule has 1 unspecified atom stereocenters. The Kier molecular flexibility index (Phi) is 4.06. The third-order valence-electron chi connectivity index (χ3n) is 1.75. The van der Waals surface area contributed by atoms with Crippen molar-refractivity contribution in [3.8, 4) is 0 Å². The molecule has 8 heteroatoms. The molecule has 0 spiro atoms. The highest BCUT2D eigenvalue weighted by Crippen LogP contribution is 2.20. The maximum absolute atomic E-state index is 11.9. The van der Waals surface area contributed by atoms with Crippen molar-refractivity contribution in [3.05, 3.63) is 28.4 Å². The van der Waals surface area contributed by atoms with Crippen LogP contribution in [0.3, 0.4) is 0 Å². The van der Waals surface area contributed by atoms with E-state index in [0.29, 0.717) is 0 Å². The third kappa shape index (κ3) is 3.09. The largest absolute Gasteiger partial charge is 0.385 e. The van der Waals surface area contributed by atoms with E-state index in [-0.39, 0.29) is 11.5 Å². The molecule has 6 nitrogen and oxygen atoms in total. The second-order valence-corrected chi connectivity index (χ2v) is 2.91. The van der Waals surface area contributed by atoms with Crippen molar-refractivity contribution in [1.82, 2.24) is 4.98 Å². The van der Waals surface area contributed by atoms with Gasteiger partial charge in [0.2, 0.25) is 5.82 Å². The van der Waals surface area contributed by atoms with Crippen LogP contribution in [0.5, 0.6) is 0 Å². The van der Waals surface area contributed by atoms with E-state index in [1.807, 2.05) is 0 Å². The molecule has 0 fully saturated rings. The summed E-state index contributed by atoms with van der Waals surface area (Å²) < 4.78 is 23.9. The van der Waals surface area contributed by atoms with E-state index >= 15 is 0 Å². The summed E-state index contributed by atoms with van der Waals surface area (Å²) in [7, 11) is 0. The second kappa shape index (κ2) is 5.31. The Balaban J connectivity index is 2.70. The zero-order valence-electron chi connectivity index (χ0n) is 8.01. The van der Waals surface area contributed by atoms with Gasteiger partial charge in [0.15, 0.2) is 0 Å². The maximum Gasteiger partial charge on any atom is 0.311 e. The molecule has 1 aromatic rings. The molecule has 88 valence electrons. The van der Waals surface area contributed by atoms with Crippen molar-refractivity contribution in [2.45, 2.75) is 12.5 Å². The van der Waals surface area contributed by atoms with Crippen LogP contribution in [0.4, 0.5) is 20.3 Å². The number of pyridine rings is 1.